The lowest BCUT2D eigenvalue weighted by Crippen LogP contribution is -2.56. The van der Waals surface area contributed by atoms with Gasteiger partial charge in [-0.2, -0.15) is 0 Å². The van der Waals surface area contributed by atoms with Crippen LogP contribution >= 0.6 is 0 Å². The molecule has 0 spiro atoms. The average molecular weight is 257 g/mol. The number of hydrogen-bond acceptors (Lipinski definition) is 4. The van der Waals surface area contributed by atoms with Crippen molar-refractivity contribution in [1.82, 2.24) is 9.80 Å². The molecule has 0 amide bonds. The lowest BCUT2D eigenvalue weighted by molar-refractivity contribution is 0.00247. The summed E-state index contributed by atoms with van der Waals surface area (Å²) in [5, 5.41) is 10.0. The summed E-state index contributed by atoms with van der Waals surface area (Å²) in [6.45, 7) is 15.5. The van der Waals surface area contributed by atoms with E-state index in [1.54, 1.807) is 0 Å². The maximum absolute atomic E-state index is 10.0. The zero-order chi connectivity index (χ0) is 14.0. The first-order chi connectivity index (χ1) is 8.15. The largest absolute Gasteiger partial charge is 0.389 e. The predicted octanol–water partition coefficient (Wildman–Crippen LogP) is 0.891. The van der Waals surface area contributed by atoms with Gasteiger partial charge in [-0.05, 0) is 41.0 Å². The molecule has 1 saturated heterocycles. The van der Waals surface area contributed by atoms with E-state index in [1.165, 1.54) is 0 Å². The maximum Gasteiger partial charge on any atom is 0.0756 e. The number of aliphatic hydroxyl groups is 1. The summed E-state index contributed by atoms with van der Waals surface area (Å²) in [6, 6.07) is 0.394. The molecule has 0 aromatic carbocycles. The minimum absolute atomic E-state index is 0.262. The van der Waals surface area contributed by atoms with Gasteiger partial charge in [0, 0.05) is 44.3 Å². The fourth-order valence-corrected chi connectivity index (χ4v) is 2.68. The number of hydrogen-bond donors (Lipinski definition) is 2. The molecule has 0 saturated carbocycles. The minimum atomic E-state index is -0.736. The predicted molar refractivity (Wildman–Crippen MR) is 76.7 cm³/mol. The molecule has 108 valence electrons. The van der Waals surface area contributed by atoms with Crippen LogP contribution < -0.4 is 5.73 Å². The first-order valence-electron chi connectivity index (χ1n) is 7.07. The second-order valence-corrected chi connectivity index (χ2v) is 6.95. The van der Waals surface area contributed by atoms with Crippen molar-refractivity contribution in [3.8, 4) is 0 Å². The Hall–Kier alpha value is -0.160. The lowest BCUT2D eigenvalue weighted by atomic mass is 9.96. The average Bonchev–Trinajstić information content (AvgIpc) is 2.27. The number of rotatable bonds is 4. The summed E-state index contributed by atoms with van der Waals surface area (Å²) in [7, 11) is 0. The van der Waals surface area contributed by atoms with Crippen molar-refractivity contribution in [2.24, 2.45) is 5.73 Å². The van der Waals surface area contributed by atoms with Gasteiger partial charge in [0.05, 0.1) is 5.60 Å². The van der Waals surface area contributed by atoms with E-state index in [4.69, 9.17) is 5.73 Å². The van der Waals surface area contributed by atoms with Crippen LogP contribution in [-0.2, 0) is 0 Å². The maximum atomic E-state index is 10.0. The SMILES string of the molecule is CC(CC(C)(O)CN)N1CCN(C(C)(C)C)CC1. The Morgan fingerprint density at radius 1 is 1.11 bits per heavy atom. The van der Waals surface area contributed by atoms with Crippen molar-refractivity contribution >= 4 is 0 Å². The van der Waals surface area contributed by atoms with Crippen LogP contribution in [0.4, 0.5) is 0 Å². The lowest BCUT2D eigenvalue weighted by Gasteiger charge is -2.44. The van der Waals surface area contributed by atoms with Crippen LogP contribution in [0.3, 0.4) is 0 Å². The molecular formula is C14H31N3O. The molecule has 1 fully saturated rings. The van der Waals surface area contributed by atoms with Gasteiger partial charge in [-0.25, -0.2) is 0 Å². The molecule has 0 bridgehead atoms. The first-order valence-corrected chi connectivity index (χ1v) is 7.07. The summed E-state index contributed by atoms with van der Waals surface area (Å²) in [6.07, 6.45) is 0.749. The fraction of sp³-hybridized carbons (Fsp3) is 1.00. The van der Waals surface area contributed by atoms with Gasteiger partial charge in [-0.1, -0.05) is 0 Å². The Morgan fingerprint density at radius 3 is 2.00 bits per heavy atom. The summed E-state index contributed by atoms with van der Waals surface area (Å²) < 4.78 is 0. The monoisotopic (exact) mass is 257 g/mol. The first kappa shape index (κ1) is 15.9. The molecule has 0 aliphatic carbocycles. The summed E-state index contributed by atoms with van der Waals surface area (Å²) >= 11 is 0. The fourth-order valence-electron chi connectivity index (χ4n) is 2.68. The van der Waals surface area contributed by atoms with Crippen LogP contribution in [-0.4, -0.2) is 64.8 Å². The molecule has 4 nitrogen and oxygen atoms in total. The molecule has 3 N–H and O–H groups in total. The van der Waals surface area contributed by atoms with Crippen LogP contribution in [0.2, 0.25) is 0 Å². The van der Waals surface area contributed by atoms with E-state index in [1.807, 2.05) is 6.92 Å². The van der Waals surface area contributed by atoms with E-state index in [9.17, 15) is 5.11 Å². The van der Waals surface area contributed by atoms with Crippen molar-refractivity contribution in [3.05, 3.63) is 0 Å². The second-order valence-electron chi connectivity index (χ2n) is 6.95. The topological polar surface area (TPSA) is 52.7 Å². The number of nitrogens with zero attached hydrogens (tertiary/aromatic N) is 2. The van der Waals surface area contributed by atoms with Crippen molar-refractivity contribution in [2.75, 3.05) is 32.7 Å². The van der Waals surface area contributed by atoms with E-state index in [-0.39, 0.29) is 5.54 Å². The highest BCUT2D eigenvalue weighted by molar-refractivity contribution is 4.86. The van der Waals surface area contributed by atoms with Crippen molar-refractivity contribution in [1.29, 1.82) is 0 Å². The van der Waals surface area contributed by atoms with Gasteiger partial charge in [0.25, 0.3) is 0 Å². The molecule has 1 aliphatic rings. The molecule has 1 aliphatic heterocycles. The molecular weight excluding hydrogens is 226 g/mol. The van der Waals surface area contributed by atoms with Crippen molar-refractivity contribution < 1.29 is 5.11 Å². The Balaban J connectivity index is 2.43. The standard InChI is InChI=1S/C14H31N3O/c1-12(10-14(5,18)11-15)16-6-8-17(9-7-16)13(2,3)4/h12,18H,6-11,15H2,1-5H3. The summed E-state index contributed by atoms with van der Waals surface area (Å²) in [4.78, 5) is 4.99. The van der Waals surface area contributed by atoms with E-state index in [2.05, 4.69) is 37.5 Å². The van der Waals surface area contributed by atoms with Gasteiger partial charge >= 0.3 is 0 Å². The third kappa shape index (κ3) is 4.50. The molecule has 18 heavy (non-hydrogen) atoms. The number of nitrogens with two attached hydrogens (primary N) is 1. The van der Waals surface area contributed by atoms with Crippen LogP contribution in [0.15, 0.2) is 0 Å². The van der Waals surface area contributed by atoms with Crippen LogP contribution in [0.5, 0.6) is 0 Å². The molecule has 2 unspecified atom stereocenters. The van der Waals surface area contributed by atoms with Gasteiger partial charge < -0.3 is 10.8 Å². The van der Waals surface area contributed by atoms with E-state index in [0.29, 0.717) is 12.6 Å². The zero-order valence-corrected chi connectivity index (χ0v) is 12.7. The van der Waals surface area contributed by atoms with Crippen LogP contribution in [0.1, 0.15) is 41.0 Å². The highest BCUT2D eigenvalue weighted by atomic mass is 16.3. The van der Waals surface area contributed by atoms with E-state index in [0.717, 1.165) is 32.6 Å². The summed E-state index contributed by atoms with van der Waals surface area (Å²) in [5.41, 5.74) is 5.11. The van der Waals surface area contributed by atoms with Crippen LogP contribution in [0, 0.1) is 0 Å². The second kappa shape index (κ2) is 5.87. The molecule has 0 aromatic heterocycles. The quantitative estimate of drug-likeness (QED) is 0.785. The number of piperazine rings is 1. The minimum Gasteiger partial charge on any atom is -0.389 e. The Labute approximate surface area is 112 Å². The van der Waals surface area contributed by atoms with Crippen molar-refractivity contribution in [2.45, 2.75) is 58.2 Å². The van der Waals surface area contributed by atoms with Gasteiger partial charge in [0.2, 0.25) is 0 Å². The molecule has 4 heteroatoms. The normalized spacial score (nSPS) is 24.8. The van der Waals surface area contributed by atoms with Gasteiger partial charge in [-0.15, -0.1) is 0 Å². The Morgan fingerprint density at radius 2 is 1.61 bits per heavy atom. The molecule has 0 aromatic rings. The van der Waals surface area contributed by atoms with Gasteiger partial charge in [-0.3, -0.25) is 9.80 Å². The Kier molecular flexibility index (Phi) is 5.18. The molecule has 1 heterocycles. The molecule has 0 radical (unpaired) electrons. The van der Waals surface area contributed by atoms with E-state index < -0.39 is 5.60 Å². The smallest absolute Gasteiger partial charge is 0.0756 e. The highest BCUT2D eigenvalue weighted by Gasteiger charge is 2.30. The van der Waals surface area contributed by atoms with E-state index >= 15 is 0 Å². The van der Waals surface area contributed by atoms with Gasteiger partial charge in [0.1, 0.15) is 0 Å². The van der Waals surface area contributed by atoms with Gasteiger partial charge in [0.15, 0.2) is 0 Å². The van der Waals surface area contributed by atoms with Crippen LogP contribution in [0.25, 0.3) is 0 Å². The highest BCUT2D eigenvalue weighted by Crippen LogP contribution is 2.20. The summed E-state index contributed by atoms with van der Waals surface area (Å²) in [5.74, 6) is 0. The molecule has 2 atom stereocenters. The third-order valence-electron chi connectivity index (χ3n) is 4.06. The third-order valence-corrected chi connectivity index (χ3v) is 4.06. The Bertz CT molecular complexity index is 252. The molecule has 1 rings (SSSR count). The van der Waals surface area contributed by atoms with Crippen molar-refractivity contribution in [3.63, 3.8) is 0 Å². The zero-order valence-electron chi connectivity index (χ0n) is 12.7.